The van der Waals surface area contributed by atoms with Crippen molar-refractivity contribution in [2.24, 2.45) is 23.2 Å². The lowest BCUT2D eigenvalue weighted by Crippen LogP contribution is -2.28. The first-order chi connectivity index (χ1) is 31.2. The minimum absolute atomic E-state index is 0. The van der Waals surface area contributed by atoms with Gasteiger partial charge in [0.25, 0.3) is 0 Å². The first kappa shape index (κ1) is 65.0. The van der Waals surface area contributed by atoms with Gasteiger partial charge in [-0.1, -0.05) is 177 Å². The Hall–Kier alpha value is -2.99. The average Bonchev–Trinajstić information content (AvgIpc) is 3.29. The molecule has 3 fully saturated rings. The van der Waals surface area contributed by atoms with Crippen LogP contribution in [0.4, 0.5) is 0 Å². The topological polar surface area (TPSA) is 54.0 Å². The minimum atomic E-state index is 0. The normalized spacial score (nSPS) is 21.6. The molecular weight excluding hydrogens is 837 g/mol. The number of rotatable bonds is 6. The van der Waals surface area contributed by atoms with Crippen molar-refractivity contribution in [1.29, 1.82) is 0 Å². The zero-order valence-corrected chi connectivity index (χ0v) is 47.1. The molecule has 0 heterocycles. The van der Waals surface area contributed by atoms with Crippen LogP contribution in [0.3, 0.4) is 0 Å². The van der Waals surface area contributed by atoms with Crippen molar-refractivity contribution in [3.05, 3.63) is 101 Å². The summed E-state index contributed by atoms with van der Waals surface area (Å²) in [5.74, 6) is 3.88. The van der Waals surface area contributed by atoms with Crippen LogP contribution in [-0.4, -0.2) is 52.5 Å². The fraction of sp³-hybridized carbons (Fsp3) is 0.698. The van der Waals surface area contributed by atoms with E-state index in [2.05, 4.69) is 140 Å². The van der Waals surface area contributed by atoms with Crippen LogP contribution in [0.25, 0.3) is 0 Å². The van der Waals surface area contributed by atoms with Gasteiger partial charge in [0.15, 0.2) is 5.78 Å². The molecular formula is C63H108O5. The van der Waals surface area contributed by atoms with Crippen molar-refractivity contribution in [2.75, 3.05) is 28.4 Å². The van der Waals surface area contributed by atoms with Crippen molar-refractivity contribution >= 4 is 5.78 Å². The van der Waals surface area contributed by atoms with Gasteiger partial charge in [0.1, 0.15) is 5.75 Å². The number of hydrogen-bond acceptors (Lipinski definition) is 5. The van der Waals surface area contributed by atoms with Gasteiger partial charge in [0, 0.05) is 26.9 Å². The molecule has 5 heteroatoms. The molecule has 0 aromatic heterocycles. The van der Waals surface area contributed by atoms with E-state index < -0.39 is 0 Å². The van der Waals surface area contributed by atoms with Gasteiger partial charge in [-0.15, -0.1) is 0 Å². The van der Waals surface area contributed by atoms with E-state index in [1.165, 1.54) is 106 Å². The van der Waals surface area contributed by atoms with Gasteiger partial charge in [0.2, 0.25) is 0 Å². The molecule has 3 aromatic rings. The van der Waals surface area contributed by atoms with Gasteiger partial charge in [0.05, 0.1) is 25.4 Å². The molecule has 3 saturated carbocycles. The summed E-state index contributed by atoms with van der Waals surface area (Å²) >= 11 is 0. The van der Waals surface area contributed by atoms with Crippen molar-refractivity contribution in [2.45, 2.75) is 236 Å². The summed E-state index contributed by atoms with van der Waals surface area (Å²) < 4.78 is 21.0. The van der Waals surface area contributed by atoms with E-state index in [-0.39, 0.29) is 29.5 Å². The van der Waals surface area contributed by atoms with E-state index in [1.54, 1.807) is 14.0 Å². The number of benzene rings is 3. The van der Waals surface area contributed by atoms with Gasteiger partial charge in [-0.3, -0.25) is 4.79 Å². The Balaban J connectivity index is 0.000000793. The summed E-state index contributed by atoms with van der Waals surface area (Å²) in [5.41, 5.74) is 7.29. The highest BCUT2D eigenvalue weighted by Crippen LogP contribution is 2.38. The van der Waals surface area contributed by atoms with Crippen LogP contribution in [0.2, 0.25) is 0 Å². The van der Waals surface area contributed by atoms with Gasteiger partial charge < -0.3 is 18.9 Å². The van der Waals surface area contributed by atoms with Gasteiger partial charge >= 0.3 is 0 Å². The molecule has 0 amide bonds. The van der Waals surface area contributed by atoms with Crippen LogP contribution < -0.4 is 4.74 Å². The fourth-order valence-corrected chi connectivity index (χ4v) is 8.76. The molecule has 3 aliphatic carbocycles. The summed E-state index contributed by atoms with van der Waals surface area (Å²) in [6.45, 7) is 35.2. The Kier molecular flexibility index (Phi) is 30.7. The molecule has 68 heavy (non-hydrogen) atoms. The van der Waals surface area contributed by atoms with Gasteiger partial charge in [-0.2, -0.15) is 0 Å². The second kappa shape index (κ2) is 32.1. The largest absolute Gasteiger partial charge is 0.497 e. The third kappa shape index (κ3) is 26.8. The Morgan fingerprint density at radius 2 is 0.824 bits per heavy atom. The van der Waals surface area contributed by atoms with Crippen LogP contribution in [0.5, 0.6) is 5.75 Å². The van der Waals surface area contributed by atoms with Crippen LogP contribution in [0, 0.1) is 30.1 Å². The van der Waals surface area contributed by atoms with Crippen molar-refractivity contribution < 1.29 is 23.7 Å². The summed E-state index contributed by atoms with van der Waals surface area (Å²) in [6.07, 6.45) is 18.9. The lowest BCUT2D eigenvalue weighted by atomic mass is 9.72. The third-order valence-electron chi connectivity index (χ3n) is 14.3. The molecule has 0 bridgehead atoms. The smallest absolute Gasteiger partial charge is 0.159 e. The predicted octanol–water partition coefficient (Wildman–Crippen LogP) is 18.2. The van der Waals surface area contributed by atoms with E-state index >= 15 is 0 Å². The average molecular weight is 946 g/mol. The maximum Gasteiger partial charge on any atom is 0.159 e. The lowest BCUT2D eigenvalue weighted by molar-refractivity contribution is 0.0353. The molecule has 0 atom stereocenters. The van der Waals surface area contributed by atoms with Crippen molar-refractivity contribution in [1.82, 2.24) is 0 Å². The molecule has 5 nitrogen and oxygen atoms in total. The summed E-state index contributed by atoms with van der Waals surface area (Å²) in [7, 11) is 7.17. The first-order valence-electron chi connectivity index (χ1n) is 26.1. The van der Waals surface area contributed by atoms with E-state index in [0.717, 1.165) is 29.1 Å². The molecule has 0 N–H and O–H groups in total. The number of carbonyl (C=O) groups excluding carboxylic acids is 1. The molecule has 0 spiro atoms. The van der Waals surface area contributed by atoms with Crippen LogP contribution in [0.15, 0.2) is 72.8 Å². The minimum Gasteiger partial charge on any atom is -0.497 e. The third-order valence-corrected chi connectivity index (χ3v) is 14.3. The van der Waals surface area contributed by atoms with E-state index in [1.807, 2.05) is 57.7 Å². The van der Waals surface area contributed by atoms with E-state index in [4.69, 9.17) is 18.9 Å². The molecule has 3 aromatic carbocycles. The second-order valence-electron chi connectivity index (χ2n) is 24.0. The van der Waals surface area contributed by atoms with Crippen LogP contribution in [0.1, 0.15) is 227 Å². The van der Waals surface area contributed by atoms with Gasteiger partial charge in [-0.05, 0) is 159 Å². The molecule has 6 rings (SSSR count). The molecule has 0 aliphatic heterocycles. The number of hydrogen-bond donors (Lipinski definition) is 0. The van der Waals surface area contributed by atoms with Crippen molar-refractivity contribution in [3.63, 3.8) is 0 Å². The molecule has 390 valence electrons. The number of Topliss-reactive ketones (excluding diaryl/α,β-unsaturated/α-hetero) is 1. The summed E-state index contributed by atoms with van der Waals surface area (Å²) in [6, 6.07) is 24.8. The maximum atomic E-state index is 11.0. The van der Waals surface area contributed by atoms with Gasteiger partial charge in [-0.25, -0.2) is 0 Å². The van der Waals surface area contributed by atoms with Crippen LogP contribution >= 0.6 is 0 Å². The fourth-order valence-electron chi connectivity index (χ4n) is 8.76. The number of carbonyl (C=O) groups is 1. The second-order valence-corrected chi connectivity index (χ2v) is 24.0. The number of methoxy groups -OCH3 is 4. The standard InChI is InChI=1S/C12H16O.C11H22O.C11H16O.C11H16.C9H18O.C8H16O.CH4/c1-9(13)10-5-7-11(8-6-10)12(2,3)4;2*1-11(2,3)9-5-7-10(12-4)8-6-9;1-9-5-7-10(8-6-9)11(2,3)4;1-3-8-4-6-9(10-2)7-5-8;1-7-3-5-8(9-2)6-4-7;/h5-8H,1-4H3;9-10H,5-8H2,1-4H3;5-8H,1-4H3;5-8H,1-4H3;8-9H,3-7H2,1-2H3;7-8H,3-6H2,1-2H3;1H4. The Morgan fingerprint density at radius 1 is 0.500 bits per heavy atom. The molecule has 0 unspecified atom stereocenters. The Labute approximate surface area is 422 Å². The number of ketones is 1. The predicted molar refractivity (Wildman–Crippen MR) is 297 cm³/mol. The highest BCUT2D eigenvalue weighted by atomic mass is 16.5. The van der Waals surface area contributed by atoms with Crippen LogP contribution in [-0.2, 0) is 30.5 Å². The maximum absolute atomic E-state index is 11.0. The first-order valence-corrected chi connectivity index (χ1v) is 26.1. The SMILES string of the molecule is C.CC(=O)c1ccc(C(C)(C)C)cc1.CCC1CCC(OC)CC1.COC1CCC(C(C)(C)C)CC1.COC1CCC(C)CC1.COc1ccc(C(C)(C)C)cc1.Cc1ccc(C(C)(C)C)cc1. The molecule has 0 radical (unpaired) electrons. The zero-order valence-electron chi connectivity index (χ0n) is 47.1. The molecule has 0 saturated heterocycles. The number of ether oxygens (including phenoxy) is 4. The monoisotopic (exact) mass is 945 g/mol. The Bertz CT molecular complexity index is 1680. The van der Waals surface area contributed by atoms with Crippen molar-refractivity contribution in [3.8, 4) is 5.75 Å². The lowest BCUT2D eigenvalue weighted by Gasteiger charge is -2.36. The highest BCUT2D eigenvalue weighted by Gasteiger charge is 2.29. The molecule has 3 aliphatic rings. The van der Waals surface area contributed by atoms with E-state index in [0.29, 0.717) is 23.7 Å². The van der Waals surface area contributed by atoms with E-state index in [9.17, 15) is 4.79 Å². The quantitative estimate of drug-likeness (QED) is 0.231. The summed E-state index contributed by atoms with van der Waals surface area (Å²) in [5, 5.41) is 0. The Morgan fingerprint density at radius 3 is 1.12 bits per heavy atom. The number of aryl methyl sites for hydroxylation is 1. The zero-order chi connectivity index (χ0) is 51.0. The highest BCUT2D eigenvalue weighted by molar-refractivity contribution is 5.94. The summed E-state index contributed by atoms with van der Waals surface area (Å²) in [4.78, 5) is 11.0.